The molecule has 0 N–H and O–H groups in total. The van der Waals surface area contributed by atoms with Gasteiger partial charge in [0, 0.05) is 3.57 Å². The first-order chi connectivity index (χ1) is 5.41. The van der Waals surface area contributed by atoms with E-state index in [1.807, 2.05) is 0 Å². The van der Waals surface area contributed by atoms with E-state index in [1.165, 1.54) is 12.1 Å². The van der Waals surface area contributed by atoms with Gasteiger partial charge in [-0.25, -0.2) is 4.98 Å². The van der Waals surface area contributed by atoms with Crippen LogP contribution in [0.5, 0.6) is 0 Å². The van der Waals surface area contributed by atoms with Crippen LogP contribution >= 0.6 is 34.2 Å². The third-order valence-corrected chi connectivity index (χ3v) is 2.16. The van der Waals surface area contributed by atoms with E-state index >= 15 is 0 Å². The summed E-state index contributed by atoms with van der Waals surface area (Å²) in [7, 11) is 0. The molecule has 1 heterocycles. The summed E-state index contributed by atoms with van der Waals surface area (Å²) in [5.41, 5.74) is -0.935. The number of pyridine rings is 1. The molecule has 0 bridgehead atoms. The summed E-state index contributed by atoms with van der Waals surface area (Å²) in [5.74, 6) is 0. The van der Waals surface area contributed by atoms with Crippen LogP contribution in [-0.4, -0.2) is 4.98 Å². The fraction of sp³-hybridized carbons (Fsp3) is 0.167. The quantitative estimate of drug-likeness (QED) is 0.529. The Balaban J connectivity index is 3.23. The Morgan fingerprint density at radius 3 is 2.33 bits per heavy atom. The highest BCUT2D eigenvalue weighted by Crippen LogP contribution is 2.31. The molecule has 0 fully saturated rings. The molecule has 0 aromatic carbocycles. The number of halogens is 5. The van der Waals surface area contributed by atoms with Gasteiger partial charge < -0.3 is 0 Å². The zero-order valence-corrected chi connectivity index (χ0v) is 8.41. The molecule has 6 heteroatoms. The maximum absolute atomic E-state index is 12.1. The van der Waals surface area contributed by atoms with Crippen LogP contribution in [0.1, 0.15) is 5.69 Å². The summed E-state index contributed by atoms with van der Waals surface area (Å²) in [6.45, 7) is 0. The summed E-state index contributed by atoms with van der Waals surface area (Å²) < 4.78 is 36.4. The molecule has 0 atom stereocenters. The number of aromatic nitrogens is 1. The Kier molecular flexibility index (Phi) is 2.82. The molecule has 0 unspecified atom stereocenters. The summed E-state index contributed by atoms with van der Waals surface area (Å²) >= 11 is 6.87. The van der Waals surface area contributed by atoms with Gasteiger partial charge in [0.1, 0.15) is 5.15 Å². The molecule has 0 amide bonds. The minimum atomic E-state index is -4.43. The Labute approximate surface area is 85.1 Å². The van der Waals surface area contributed by atoms with Gasteiger partial charge in [0.05, 0.1) is 0 Å². The molecule has 1 aromatic rings. The Morgan fingerprint density at radius 1 is 1.33 bits per heavy atom. The fourth-order valence-corrected chi connectivity index (χ4v) is 1.37. The van der Waals surface area contributed by atoms with Crippen molar-refractivity contribution in [2.24, 2.45) is 0 Å². The summed E-state index contributed by atoms with van der Waals surface area (Å²) in [4.78, 5) is 3.18. The lowest BCUT2D eigenvalue weighted by atomic mass is 10.3. The molecule has 0 aliphatic rings. The van der Waals surface area contributed by atoms with Crippen LogP contribution in [0.3, 0.4) is 0 Å². The van der Waals surface area contributed by atoms with Crippen molar-refractivity contribution in [2.75, 3.05) is 0 Å². The van der Waals surface area contributed by atoms with Gasteiger partial charge in [-0.2, -0.15) is 13.2 Å². The standard InChI is InChI=1S/C6H2ClF3IN/c7-4-2-1-3(11)5(12-4)6(8,9)10/h1-2H. The Morgan fingerprint density at radius 2 is 1.92 bits per heavy atom. The van der Waals surface area contributed by atoms with Crippen molar-refractivity contribution in [1.82, 2.24) is 4.98 Å². The van der Waals surface area contributed by atoms with Gasteiger partial charge in [0.2, 0.25) is 0 Å². The minimum absolute atomic E-state index is 0.0458. The zero-order chi connectivity index (χ0) is 9.35. The van der Waals surface area contributed by atoms with Crippen molar-refractivity contribution in [3.05, 3.63) is 26.5 Å². The van der Waals surface area contributed by atoms with Crippen LogP contribution in [0.15, 0.2) is 12.1 Å². The summed E-state index contributed by atoms with van der Waals surface area (Å²) in [5, 5.41) is -0.150. The average Bonchev–Trinajstić information content (AvgIpc) is 1.92. The van der Waals surface area contributed by atoms with Gasteiger partial charge in [0.15, 0.2) is 5.69 Å². The second kappa shape index (κ2) is 3.37. The first-order valence-electron chi connectivity index (χ1n) is 2.80. The number of nitrogens with zero attached hydrogens (tertiary/aromatic N) is 1. The Hall–Kier alpha value is -0.0400. The minimum Gasteiger partial charge on any atom is -0.230 e. The normalized spacial score (nSPS) is 11.8. The van der Waals surface area contributed by atoms with Crippen LogP contribution in [-0.2, 0) is 6.18 Å². The third kappa shape index (κ3) is 2.22. The predicted octanol–water partition coefficient (Wildman–Crippen LogP) is 3.36. The number of hydrogen-bond donors (Lipinski definition) is 0. The van der Waals surface area contributed by atoms with E-state index in [0.717, 1.165) is 0 Å². The maximum Gasteiger partial charge on any atom is 0.434 e. The van der Waals surface area contributed by atoms with Crippen LogP contribution < -0.4 is 0 Å². The summed E-state index contributed by atoms with van der Waals surface area (Å²) in [6, 6.07) is 2.59. The van der Waals surface area contributed by atoms with Gasteiger partial charge in [-0.3, -0.25) is 0 Å². The van der Waals surface area contributed by atoms with E-state index in [1.54, 1.807) is 22.6 Å². The number of alkyl halides is 3. The monoisotopic (exact) mass is 307 g/mol. The molecule has 0 saturated carbocycles. The molecule has 0 aliphatic heterocycles. The van der Waals surface area contributed by atoms with Crippen molar-refractivity contribution in [3.63, 3.8) is 0 Å². The van der Waals surface area contributed by atoms with Crippen molar-refractivity contribution < 1.29 is 13.2 Å². The van der Waals surface area contributed by atoms with E-state index in [0.29, 0.717) is 0 Å². The van der Waals surface area contributed by atoms with Gasteiger partial charge in [-0.05, 0) is 34.7 Å². The van der Waals surface area contributed by atoms with Crippen LogP contribution in [0.4, 0.5) is 13.2 Å². The molecule has 0 saturated heterocycles. The molecule has 0 spiro atoms. The van der Waals surface area contributed by atoms with Gasteiger partial charge in [-0.1, -0.05) is 11.6 Å². The lowest BCUT2D eigenvalue weighted by molar-refractivity contribution is -0.141. The van der Waals surface area contributed by atoms with Crippen LogP contribution in [0.2, 0.25) is 5.15 Å². The van der Waals surface area contributed by atoms with Gasteiger partial charge >= 0.3 is 6.18 Å². The van der Waals surface area contributed by atoms with Gasteiger partial charge in [-0.15, -0.1) is 0 Å². The number of hydrogen-bond acceptors (Lipinski definition) is 1. The van der Waals surface area contributed by atoms with E-state index in [4.69, 9.17) is 11.6 Å². The van der Waals surface area contributed by atoms with Crippen molar-refractivity contribution >= 4 is 34.2 Å². The highest BCUT2D eigenvalue weighted by atomic mass is 127. The topological polar surface area (TPSA) is 12.9 Å². The molecule has 1 nitrogen and oxygen atoms in total. The second-order valence-corrected chi connectivity index (χ2v) is 3.51. The molecular weight excluding hydrogens is 305 g/mol. The van der Waals surface area contributed by atoms with Crippen LogP contribution in [0, 0.1) is 3.57 Å². The molecule has 1 aromatic heterocycles. The van der Waals surface area contributed by atoms with E-state index in [9.17, 15) is 13.2 Å². The molecule has 12 heavy (non-hydrogen) atoms. The smallest absolute Gasteiger partial charge is 0.230 e. The maximum atomic E-state index is 12.1. The number of rotatable bonds is 0. The van der Waals surface area contributed by atoms with Crippen LogP contribution in [0.25, 0.3) is 0 Å². The molecule has 0 radical (unpaired) electrons. The fourth-order valence-electron chi connectivity index (χ4n) is 0.617. The highest BCUT2D eigenvalue weighted by molar-refractivity contribution is 14.1. The first-order valence-corrected chi connectivity index (χ1v) is 4.26. The lowest BCUT2D eigenvalue weighted by Gasteiger charge is -2.07. The SMILES string of the molecule is FC(F)(F)c1nc(Cl)ccc1I. The third-order valence-electron chi connectivity index (χ3n) is 1.08. The van der Waals surface area contributed by atoms with Crippen molar-refractivity contribution in [1.29, 1.82) is 0 Å². The van der Waals surface area contributed by atoms with E-state index in [-0.39, 0.29) is 8.72 Å². The largest absolute Gasteiger partial charge is 0.434 e. The average molecular weight is 307 g/mol. The molecule has 66 valence electrons. The highest BCUT2D eigenvalue weighted by Gasteiger charge is 2.34. The molecule has 0 aliphatic carbocycles. The van der Waals surface area contributed by atoms with E-state index in [2.05, 4.69) is 4.98 Å². The molecular formula is C6H2ClF3IN. The zero-order valence-electron chi connectivity index (χ0n) is 5.49. The van der Waals surface area contributed by atoms with Gasteiger partial charge in [0.25, 0.3) is 0 Å². The summed E-state index contributed by atoms with van der Waals surface area (Å²) in [6.07, 6.45) is -4.43. The van der Waals surface area contributed by atoms with Crippen molar-refractivity contribution in [3.8, 4) is 0 Å². The van der Waals surface area contributed by atoms with Crippen molar-refractivity contribution in [2.45, 2.75) is 6.18 Å². The predicted molar refractivity (Wildman–Crippen MR) is 47.0 cm³/mol. The first kappa shape index (κ1) is 10.0. The second-order valence-electron chi connectivity index (χ2n) is 1.96. The molecule has 1 rings (SSSR count). The van der Waals surface area contributed by atoms with E-state index < -0.39 is 11.9 Å². The Bertz CT molecular complexity index is 299. The lowest BCUT2D eigenvalue weighted by Crippen LogP contribution is -2.10.